The summed E-state index contributed by atoms with van der Waals surface area (Å²) in [5, 5.41) is 0. The maximum absolute atomic E-state index is 5.66. The van der Waals surface area contributed by atoms with E-state index in [1.807, 2.05) is 0 Å². The number of hydrogen-bond donors (Lipinski definition) is 0. The summed E-state index contributed by atoms with van der Waals surface area (Å²) < 4.78 is 11.3. The summed E-state index contributed by atoms with van der Waals surface area (Å²) in [4.78, 5) is 0. The van der Waals surface area contributed by atoms with Crippen molar-refractivity contribution in [3.05, 3.63) is 58.7 Å². The normalized spacial score (nSPS) is 11.7. The zero-order valence-corrected chi connectivity index (χ0v) is 15.4. The van der Waals surface area contributed by atoms with Gasteiger partial charge in [0.1, 0.15) is 11.5 Å². The van der Waals surface area contributed by atoms with Gasteiger partial charge in [-0.15, -0.1) is 0 Å². The van der Waals surface area contributed by atoms with Crippen LogP contribution in [0.2, 0.25) is 0 Å². The van der Waals surface area contributed by atoms with E-state index in [4.69, 9.17) is 9.47 Å². The molecule has 0 atom stereocenters. The van der Waals surface area contributed by atoms with Gasteiger partial charge in [-0.2, -0.15) is 0 Å². The van der Waals surface area contributed by atoms with Crippen molar-refractivity contribution in [3.63, 3.8) is 0 Å². The lowest BCUT2D eigenvalue weighted by Gasteiger charge is -2.34. The molecule has 0 aliphatic carbocycles. The van der Waals surface area contributed by atoms with Crippen LogP contribution in [0.25, 0.3) is 0 Å². The maximum Gasteiger partial charge on any atom is 0.122 e. The largest absolute Gasteiger partial charge is 0.496 e. The molecule has 0 saturated heterocycles. The molecule has 2 rings (SSSR count). The second-order valence-electron chi connectivity index (χ2n) is 7.29. The highest BCUT2D eigenvalue weighted by Crippen LogP contribution is 2.47. The summed E-state index contributed by atoms with van der Waals surface area (Å²) in [5.41, 5.74) is 4.93. The van der Waals surface area contributed by atoms with Gasteiger partial charge in [0, 0.05) is 17.0 Å². The van der Waals surface area contributed by atoms with Crippen molar-refractivity contribution >= 4 is 0 Å². The molecule has 2 aromatic rings. The van der Waals surface area contributed by atoms with Crippen molar-refractivity contribution in [3.8, 4) is 11.5 Å². The van der Waals surface area contributed by atoms with Crippen LogP contribution < -0.4 is 9.47 Å². The van der Waals surface area contributed by atoms with Gasteiger partial charge >= 0.3 is 0 Å². The van der Waals surface area contributed by atoms with Gasteiger partial charge in [-0.25, -0.2) is 0 Å². The zero-order chi connectivity index (χ0) is 17.2. The predicted molar refractivity (Wildman–Crippen MR) is 96.8 cm³/mol. The van der Waals surface area contributed by atoms with Crippen molar-refractivity contribution in [2.75, 3.05) is 14.2 Å². The second kappa shape index (κ2) is 6.66. The van der Waals surface area contributed by atoms with Crippen molar-refractivity contribution < 1.29 is 9.47 Å². The van der Waals surface area contributed by atoms with Gasteiger partial charge < -0.3 is 9.47 Å². The molecule has 0 aliphatic rings. The second-order valence-corrected chi connectivity index (χ2v) is 7.29. The van der Waals surface area contributed by atoms with Crippen LogP contribution in [0, 0.1) is 19.3 Å². The molecule has 0 saturated carbocycles. The van der Waals surface area contributed by atoms with Crippen LogP contribution in [0.4, 0.5) is 0 Å². The third-order valence-electron chi connectivity index (χ3n) is 4.26. The van der Waals surface area contributed by atoms with Crippen molar-refractivity contribution in [2.24, 2.45) is 5.41 Å². The highest BCUT2D eigenvalue weighted by molar-refractivity contribution is 5.50. The predicted octanol–water partition coefficient (Wildman–Crippen LogP) is 5.50. The number of hydrogen-bond acceptors (Lipinski definition) is 2. The Bertz CT molecular complexity index is 627. The monoisotopic (exact) mass is 312 g/mol. The molecule has 0 N–H and O–H groups in total. The SMILES string of the molecule is COc1ccc(C)cc1C(c1cc(C)ccc1OC)C(C)(C)C. The number of aryl methyl sites for hydroxylation is 2. The number of benzene rings is 2. The van der Waals surface area contributed by atoms with E-state index in [9.17, 15) is 0 Å². The third-order valence-corrected chi connectivity index (χ3v) is 4.26. The minimum atomic E-state index is 0.0299. The van der Waals surface area contributed by atoms with Crippen LogP contribution in [-0.4, -0.2) is 14.2 Å². The van der Waals surface area contributed by atoms with Crippen LogP contribution in [0.1, 0.15) is 48.9 Å². The van der Waals surface area contributed by atoms with Crippen LogP contribution in [0.15, 0.2) is 36.4 Å². The Labute approximate surface area is 140 Å². The number of methoxy groups -OCH3 is 2. The fourth-order valence-corrected chi connectivity index (χ4v) is 3.26. The highest BCUT2D eigenvalue weighted by atomic mass is 16.5. The van der Waals surface area contributed by atoms with Crippen LogP contribution in [0.3, 0.4) is 0 Å². The van der Waals surface area contributed by atoms with Gasteiger partial charge in [0.05, 0.1) is 14.2 Å². The molecule has 0 fully saturated rings. The Morgan fingerprint density at radius 1 is 0.739 bits per heavy atom. The molecule has 0 radical (unpaired) electrons. The van der Waals surface area contributed by atoms with Gasteiger partial charge in [0.15, 0.2) is 0 Å². The van der Waals surface area contributed by atoms with E-state index in [0.717, 1.165) is 11.5 Å². The van der Waals surface area contributed by atoms with Crippen LogP contribution >= 0.6 is 0 Å². The quantitative estimate of drug-likeness (QED) is 0.742. The summed E-state index contributed by atoms with van der Waals surface area (Å²) in [6.07, 6.45) is 0. The average molecular weight is 312 g/mol. The van der Waals surface area contributed by atoms with Crippen LogP contribution in [0.5, 0.6) is 11.5 Å². The zero-order valence-electron chi connectivity index (χ0n) is 15.4. The first kappa shape index (κ1) is 17.4. The molecule has 2 aromatic carbocycles. The molecule has 2 heteroatoms. The number of rotatable bonds is 4. The Hall–Kier alpha value is -1.96. The summed E-state index contributed by atoms with van der Waals surface area (Å²) in [5.74, 6) is 2.05. The van der Waals surface area contributed by atoms with Gasteiger partial charge in [-0.1, -0.05) is 56.2 Å². The van der Waals surface area contributed by atoms with Gasteiger partial charge in [-0.05, 0) is 31.4 Å². The van der Waals surface area contributed by atoms with E-state index in [-0.39, 0.29) is 11.3 Å². The molecule has 0 heterocycles. The summed E-state index contributed by atoms with van der Waals surface area (Å²) in [6, 6.07) is 12.8. The molecular weight excluding hydrogens is 284 g/mol. The first-order valence-corrected chi connectivity index (χ1v) is 8.07. The fourth-order valence-electron chi connectivity index (χ4n) is 3.26. The maximum atomic E-state index is 5.66. The lowest BCUT2D eigenvalue weighted by atomic mass is 9.71. The average Bonchev–Trinajstić information content (AvgIpc) is 2.46. The van der Waals surface area contributed by atoms with E-state index in [1.54, 1.807) is 14.2 Å². The van der Waals surface area contributed by atoms with Gasteiger partial charge in [-0.3, -0.25) is 0 Å². The van der Waals surface area contributed by atoms with Gasteiger partial charge in [0.25, 0.3) is 0 Å². The minimum Gasteiger partial charge on any atom is -0.496 e. The topological polar surface area (TPSA) is 18.5 Å². The molecule has 0 unspecified atom stereocenters. The summed E-state index contributed by atoms with van der Waals surface area (Å²) >= 11 is 0. The van der Waals surface area contributed by atoms with Crippen molar-refractivity contribution in [2.45, 2.75) is 40.5 Å². The smallest absolute Gasteiger partial charge is 0.122 e. The summed E-state index contributed by atoms with van der Waals surface area (Å²) in [6.45, 7) is 11.0. The van der Waals surface area contributed by atoms with E-state index in [2.05, 4.69) is 71.0 Å². The van der Waals surface area contributed by atoms with Gasteiger partial charge in [0.2, 0.25) is 0 Å². The first-order chi connectivity index (χ1) is 10.8. The lowest BCUT2D eigenvalue weighted by Crippen LogP contribution is -2.21. The van der Waals surface area contributed by atoms with Crippen molar-refractivity contribution in [1.82, 2.24) is 0 Å². The Kier molecular flexibility index (Phi) is 5.03. The van der Waals surface area contributed by atoms with E-state index < -0.39 is 0 Å². The van der Waals surface area contributed by atoms with E-state index in [1.165, 1.54) is 22.3 Å². The van der Waals surface area contributed by atoms with Crippen molar-refractivity contribution in [1.29, 1.82) is 0 Å². The highest BCUT2D eigenvalue weighted by Gasteiger charge is 2.32. The Morgan fingerprint density at radius 3 is 1.43 bits per heavy atom. The molecule has 23 heavy (non-hydrogen) atoms. The fraction of sp³-hybridized carbons (Fsp3) is 0.429. The van der Waals surface area contributed by atoms with E-state index >= 15 is 0 Å². The minimum absolute atomic E-state index is 0.0299. The molecule has 0 aromatic heterocycles. The lowest BCUT2D eigenvalue weighted by molar-refractivity contribution is 0.329. The molecule has 0 amide bonds. The Balaban J connectivity index is 2.74. The molecule has 124 valence electrons. The first-order valence-electron chi connectivity index (χ1n) is 8.07. The van der Waals surface area contributed by atoms with Crippen LogP contribution in [-0.2, 0) is 0 Å². The molecule has 0 bridgehead atoms. The number of ether oxygens (including phenoxy) is 2. The molecule has 0 spiro atoms. The third kappa shape index (κ3) is 3.69. The molecular formula is C21H28O2. The standard InChI is InChI=1S/C21H28O2/c1-14-8-10-18(22-6)16(12-14)20(21(3,4)5)17-13-15(2)9-11-19(17)23-7/h8-13,20H,1-7H3. The van der Waals surface area contributed by atoms with E-state index in [0.29, 0.717) is 0 Å². The molecule has 0 aliphatic heterocycles. The molecule has 2 nitrogen and oxygen atoms in total. The Morgan fingerprint density at radius 2 is 1.13 bits per heavy atom. The summed E-state index contributed by atoms with van der Waals surface area (Å²) in [7, 11) is 3.47.